The lowest BCUT2D eigenvalue weighted by Gasteiger charge is -2.36. The third kappa shape index (κ3) is 4.59. The number of carbonyl (C=O) groups excluding carboxylic acids is 1. The number of nitrogens with one attached hydrogen (secondary N) is 1. The van der Waals surface area contributed by atoms with Gasteiger partial charge in [0.15, 0.2) is 0 Å². The summed E-state index contributed by atoms with van der Waals surface area (Å²) < 4.78 is 13.0. The van der Waals surface area contributed by atoms with Gasteiger partial charge in [0.2, 0.25) is 5.91 Å². The van der Waals surface area contributed by atoms with Crippen molar-refractivity contribution >= 4 is 40.5 Å². The topological polar surface area (TPSA) is 35.6 Å². The highest BCUT2D eigenvalue weighted by Crippen LogP contribution is 2.29. The molecule has 26 heavy (non-hydrogen) atoms. The van der Waals surface area contributed by atoms with Crippen molar-refractivity contribution in [2.24, 2.45) is 0 Å². The Bertz CT molecular complexity index is 762. The number of rotatable bonds is 5. The zero-order valence-corrected chi connectivity index (χ0v) is 15.7. The van der Waals surface area contributed by atoms with Crippen LogP contribution in [-0.2, 0) is 4.79 Å². The van der Waals surface area contributed by atoms with E-state index < -0.39 is 0 Å². The van der Waals surface area contributed by atoms with Gasteiger partial charge in [-0.05, 0) is 36.4 Å². The van der Waals surface area contributed by atoms with E-state index in [0.29, 0.717) is 36.1 Å². The summed E-state index contributed by atoms with van der Waals surface area (Å²) in [6.07, 6.45) is 0.388. The molecule has 2 aromatic carbocycles. The maximum atomic E-state index is 13.0. The lowest BCUT2D eigenvalue weighted by atomic mass is 10.2. The van der Waals surface area contributed by atoms with Crippen molar-refractivity contribution in [3.8, 4) is 0 Å². The highest BCUT2D eigenvalue weighted by atomic mass is 35.5. The summed E-state index contributed by atoms with van der Waals surface area (Å²) in [5, 5.41) is 4.11. The van der Waals surface area contributed by atoms with Crippen molar-refractivity contribution in [2.75, 3.05) is 42.9 Å². The van der Waals surface area contributed by atoms with Gasteiger partial charge in [-0.1, -0.05) is 29.3 Å². The number of halogens is 3. The highest BCUT2D eigenvalue weighted by Gasteiger charge is 2.21. The minimum atomic E-state index is -0.241. The first-order chi connectivity index (χ1) is 12.5. The molecule has 1 heterocycles. The number of anilines is 2. The van der Waals surface area contributed by atoms with Crippen LogP contribution >= 0.6 is 23.2 Å². The molecular formula is C19H20Cl2FN3O. The second-order valence-corrected chi connectivity index (χ2v) is 6.91. The van der Waals surface area contributed by atoms with Gasteiger partial charge in [0.1, 0.15) is 5.82 Å². The monoisotopic (exact) mass is 395 g/mol. The van der Waals surface area contributed by atoms with Crippen molar-refractivity contribution in [3.05, 3.63) is 58.3 Å². The molecule has 0 spiro atoms. The molecule has 2 aromatic rings. The number of piperazine rings is 1. The fraction of sp³-hybridized carbons (Fsp3) is 0.316. The Labute approximate surface area is 162 Å². The summed E-state index contributed by atoms with van der Waals surface area (Å²) in [5.74, 6) is -0.135. The third-order valence-corrected chi connectivity index (χ3v) is 5.25. The van der Waals surface area contributed by atoms with Gasteiger partial charge in [0.25, 0.3) is 0 Å². The van der Waals surface area contributed by atoms with Crippen LogP contribution in [0.1, 0.15) is 6.42 Å². The van der Waals surface area contributed by atoms with E-state index in [1.807, 2.05) is 17.0 Å². The standard InChI is InChI=1S/C19H20Cl2FN3O/c20-16-2-1-3-17(19(16)21)23-9-8-18(26)25-12-10-24(11-13-25)15-6-4-14(22)5-7-15/h1-7,23H,8-13H2. The fourth-order valence-electron chi connectivity index (χ4n) is 2.97. The van der Waals surface area contributed by atoms with Crippen molar-refractivity contribution in [3.63, 3.8) is 0 Å². The number of carbonyl (C=O) groups is 1. The molecule has 0 atom stereocenters. The Morgan fingerprint density at radius 3 is 2.42 bits per heavy atom. The SMILES string of the molecule is O=C(CCNc1cccc(Cl)c1Cl)N1CCN(c2ccc(F)cc2)CC1. The molecule has 4 nitrogen and oxygen atoms in total. The Kier molecular flexibility index (Phi) is 6.22. The average Bonchev–Trinajstić information content (AvgIpc) is 2.66. The molecule has 1 aliphatic heterocycles. The van der Waals surface area contributed by atoms with E-state index in [2.05, 4.69) is 10.2 Å². The van der Waals surface area contributed by atoms with E-state index in [1.54, 1.807) is 18.2 Å². The molecule has 1 aliphatic rings. The van der Waals surface area contributed by atoms with Gasteiger partial charge in [0.05, 0.1) is 15.7 Å². The second kappa shape index (κ2) is 8.60. The summed E-state index contributed by atoms with van der Waals surface area (Å²) in [4.78, 5) is 16.4. The summed E-state index contributed by atoms with van der Waals surface area (Å²) >= 11 is 12.1. The Morgan fingerprint density at radius 2 is 1.73 bits per heavy atom. The van der Waals surface area contributed by atoms with Crippen molar-refractivity contribution in [1.82, 2.24) is 4.90 Å². The number of hydrogen-bond donors (Lipinski definition) is 1. The molecule has 1 saturated heterocycles. The molecule has 0 saturated carbocycles. The highest BCUT2D eigenvalue weighted by molar-refractivity contribution is 6.43. The first kappa shape index (κ1) is 18.8. The maximum Gasteiger partial charge on any atom is 0.224 e. The summed E-state index contributed by atoms with van der Waals surface area (Å²) in [6, 6.07) is 11.8. The Balaban J connectivity index is 1.45. The molecule has 7 heteroatoms. The molecule has 3 rings (SSSR count). The first-order valence-corrected chi connectivity index (χ1v) is 9.26. The van der Waals surface area contributed by atoms with Crippen LogP contribution in [-0.4, -0.2) is 43.5 Å². The summed E-state index contributed by atoms with van der Waals surface area (Å²) in [6.45, 7) is 3.30. The molecule has 0 unspecified atom stereocenters. The molecule has 1 fully saturated rings. The quantitative estimate of drug-likeness (QED) is 0.820. The van der Waals surface area contributed by atoms with Crippen LogP contribution in [0.15, 0.2) is 42.5 Å². The van der Waals surface area contributed by atoms with E-state index in [4.69, 9.17) is 23.2 Å². The lowest BCUT2D eigenvalue weighted by molar-refractivity contribution is -0.131. The average molecular weight is 396 g/mol. The molecule has 0 aromatic heterocycles. The zero-order valence-electron chi connectivity index (χ0n) is 14.2. The molecule has 0 aliphatic carbocycles. The van der Waals surface area contributed by atoms with Gasteiger partial charge in [-0.2, -0.15) is 0 Å². The van der Waals surface area contributed by atoms with Gasteiger partial charge in [-0.15, -0.1) is 0 Å². The third-order valence-electron chi connectivity index (χ3n) is 4.43. The predicted molar refractivity (Wildman–Crippen MR) is 105 cm³/mol. The van der Waals surface area contributed by atoms with Crippen molar-refractivity contribution < 1.29 is 9.18 Å². The van der Waals surface area contributed by atoms with Crippen LogP contribution in [0, 0.1) is 5.82 Å². The normalized spacial score (nSPS) is 14.4. The van der Waals surface area contributed by atoms with Gasteiger partial charge >= 0.3 is 0 Å². The van der Waals surface area contributed by atoms with Crippen molar-refractivity contribution in [1.29, 1.82) is 0 Å². The molecule has 1 amide bonds. The summed E-state index contributed by atoms with van der Waals surface area (Å²) in [5.41, 5.74) is 1.71. The number of benzene rings is 2. The van der Waals surface area contributed by atoms with Crippen LogP contribution in [0.2, 0.25) is 10.0 Å². The maximum absolute atomic E-state index is 13.0. The number of amides is 1. The number of hydrogen-bond acceptors (Lipinski definition) is 3. The lowest BCUT2D eigenvalue weighted by Crippen LogP contribution is -2.49. The van der Waals surface area contributed by atoms with E-state index >= 15 is 0 Å². The largest absolute Gasteiger partial charge is 0.383 e. The van der Waals surface area contributed by atoms with E-state index in [-0.39, 0.29) is 11.7 Å². The van der Waals surface area contributed by atoms with E-state index in [0.717, 1.165) is 24.5 Å². The first-order valence-electron chi connectivity index (χ1n) is 8.51. The summed E-state index contributed by atoms with van der Waals surface area (Å²) in [7, 11) is 0. The molecule has 1 N–H and O–H groups in total. The van der Waals surface area contributed by atoms with Crippen LogP contribution in [0.3, 0.4) is 0 Å². The Morgan fingerprint density at radius 1 is 1.04 bits per heavy atom. The van der Waals surface area contributed by atoms with Gasteiger partial charge in [0, 0.05) is 44.8 Å². The second-order valence-electron chi connectivity index (χ2n) is 6.12. The predicted octanol–water partition coefficient (Wildman–Crippen LogP) is 4.28. The van der Waals surface area contributed by atoms with Crippen LogP contribution in [0.25, 0.3) is 0 Å². The van der Waals surface area contributed by atoms with Crippen molar-refractivity contribution in [2.45, 2.75) is 6.42 Å². The van der Waals surface area contributed by atoms with Crippen LogP contribution < -0.4 is 10.2 Å². The van der Waals surface area contributed by atoms with E-state index in [1.165, 1.54) is 12.1 Å². The van der Waals surface area contributed by atoms with Gasteiger partial charge in [-0.3, -0.25) is 4.79 Å². The smallest absolute Gasteiger partial charge is 0.224 e. The minimum absolute atomic E-state index is 0.106. The minimum Gasteiger partial charge on any atom is -0.383 e. The van der Waals surface area contributed by atoms with Gasteiger partial charge in [-0.25, -0.2) is 4.39 Å². The molecule has 0 bridgehead atoms. The molecule has 0 radical (unpaired) electrons. The zero-order chi connectivity index (χ0) is 18.5. The van der Waals surface area contributed by atoms with Gasteiger partial charge < -0.3 is 15.1 Å². The Hall–Kier alpha value is -1.98. The van der Waals surface area contributed by atoms with E-state index in [9.17, 15) is 9.18 Å². The molecular weight excluding hydrogens is 376 g/mol. The molecule has 138 valence electrons. The van der Waals surface area contributed by atoms with Crippen LogP contribution in [0.5, 0.6) is 0 Å². The fourth-order valence-corrected chi connectivity index (χ4v) is 3.34. The number of nitrogens with zero attached hydrogens (tertiary/aromatic N) is 2. The van der Waals surface area contributed by atoms with Crippen LogP contribution in [0.4, 0.5) is 15.8 Å².